The molecule has 1 aromatic heterocycles. The molecule has 2 N–H and O–H groups in total. The van der Waals surface area contributed by atoms with Gasteiger partial charge in [-0.3, -0.25) is 4.79 Å². The largest absolute Gasteiger partial charge is 0.480 e. The molecule has 0 saturated heterocycles. The first-order chi connectivity index (χ1) is 13.7. The Labute approximate surface area is 185 Å². The van der Waals surface area contributed by atoms with Crippen LogP contribution < -0.4 is 4.72 Å². The molecule has 2 atom stereocenters. The minimum absolute atomic E-state index is 0.0722. The standard InChI is InChI=1S/C20H15BrClNO4S2/c21-14-3-1-2-13(10-14)16-11-20(16,19(24)25)23-29(26,27)18-9-8-17(28-18)12-4-6-15(22)7-5-12/h1-10,16,23H,11H2,(H,24,25)/t16-,20+/m1/s1. The molecule has 9 heteroatoms. The molecule has 0 amide bonds. The first-order valence-corrected chi connectivity index (χ1v) is 12.1. The maximum absolute atomic E-state index is 12.9. The number of carboxylic acids is 1. The summed E-state index contributed by atoms with van der Waals surface area (Å²) in [5.74, 6) is -1.61. The van der Waals surface area contributed by atoms with Gasteiger partial charge in [0, 0.05) is 20.3 Å². The number of hydrogen-bond donors (Lipinski definition) is 2. The van der Waals surface area contributed by atoms with Crippen molar-refractivity contribution in [1.29, 1.82) is 0 Å². The van der Waals surface area contributed by atoms with Gasteiger partial charge in [0.15, 0.2) is 0 Å². The predicted octanol–water partition coefficient (Wildman–Crippen LogP) is 5.12. The van der Waals surface area contributed by atoms with Gasteiger partial charge in [-0.05, 0) is 53.9 Å². The predicted molar refractivity (Wildman–Crippen MR) is 117 cm³/mol. The van der Waals surface area contributed by atoms with Crippen molar-refractivity contribution in [2.75, 3.05) is 0 Å². The number of carbonyl (C=O) groups is 1. The van der Waals surface area contributed by atoms with E-state index in [-0.39, 0.29) is 10.6 Å². The van der Waals surface area contributed by atoms with Gasteiger partial charge in [-0.15, -0.1) is 11.3 Å². The summed E-state index contributed by atoms with van der Waals surface area (Å²) in [4.78, 5) is 12.7. The number of halogens is 2. The van der Waals surface area contributed by atoms with Crippen LogP contribution in [0, 0.1) is 0 Å². The lowest BCUT2D eigenvalue weighted by Crippen LogP contribution is -2.44. The molecule has 2 aromatic carbocycles. The second-order valence-corrected chi connectivity index (χ2v) is 11.2. The van der Waals surface area contributed by atoms with Gasteiger partial charge in [0.2, 0.25) is 0 Å². The number of sulfonamides is 1. The van der Waals surface area contributed by atoms with E-state index >= 15 is 0 Å². The van der Waals surface area contributed by atoms with E-state index < -0.39 is 27.4 Å². The fourth-order valence-electron chi connectivity index (χ4n) is 3.31. The van der Waals surface area contributed by atoms with Crippen molar-refractivity contribution in [3.8, 4) is 10.4 Å². The topological polar surface area (TPSA) is 83.5 Å². The number of hydrogen-bond acceptors (Lipinski definition) is 4. The number of nitrogens with one attached hydrogen (secondary N) is 1. The first-order valence-electron chi connectivity index (χ1n) is 8.60. The summed E-state index contributed by atoms with van der Waals surface area (Å²) in [5.41, 5.74) is 0.0779. The summed E-state index contributed by atoms with van der Waals surface area (Å²) in [6.45, 7) is 0. The smallest absolute Gasteiger partial charge is 0.325 e. The number of aliphatic carboxylic acids is 1. The number of carboxylic acid groups (broad SMARTS) is 1. The summed E-state index contributed by atoms with van der Waals surface area (Å²) in [6.07, 6.45) is 0.202. The summed E-state index contributed by atoms with van der Waals surface area (Å²) in [7, 11) is -4.00. The molecule has 0 aliphatic heterocycles. The average Bonchev–Trinajstić information content (AvgIpc) is 3.16. The van der Waals surface area contributed by atoms with Gasteiger partial charge >= 0.3 is 5.97 Å². The number of rotatable bonds is 6. The number of thiophene rings is 1. The molecular weight excluding hydrogens is 498 g/mol. The average molecular weight is 513 g/mol. The highest BCUT2D eigenvalue weighted by Gasteiger charge is 2.63. The van der Waals surface area contributed by atoms with Crippen LogP contribution in [0.1, 0.15) is 17.9 Å². The van der Waals surface area contributed by atoms with E-state index in [9.17, 15) is 18.3 Å². The van der Waals surface area contributed by atoms with Gasteiger partial charge in [-0.2, -0.15) is 4.72 Å². The molecule has 1 fully saturated rings. The third-order valence-corrected chi connectivity index (χ3v) is 8.77. The van der Waals surface area contributed by atoms with E-state index in [0.717, 1.165) is 31.8 Å². The Morgan fingerprint density at radius 1 is 1.17 bits per heavy atom. The Morgan fingerprint density at radius 3 is 2.55 bits per heavy atom. The number of benzene rings is 2. The second-order valence-electron chi connectivity index (χ2n) is 6.82. The van der Waals surface area contributed by atoms with Crippen LogP contribution in [-0.2, 0) is 14.8 Å². The summed E-state index contributed by atoms with van der Waals surface area (Å²) in [6, 6.07) is 17.5. The third kappa shape index (κ3) is 4.00. The Kier molecular flexibility index (Phi) is 5.33. The molecule has 1 heterocycles. The molecular formula is C20H15BrClNO4S2. The normalized spacial score (nSPS) is 21.1. The molecule has 0 spiro atoms. The first kappa shape index (κ1) is 20.6. The molecule has 4 rings (SSSR count). The van der Waals surface area contributed by atoms with Gasteiger partial charge in [0.05, 0.1) is 0 Å². The molecule has 0 radical (unpaired) electrons. The van der Waals surface area contributed by atoms with Gasteiger partial charge in [-0.25, -0.2) is 8.42 Å². The Bertz CT molecular complexity index is 1190. The molecule has 5 nitrogen and oxygen atoms in total. The van der Waals surface area contributed by atoms with Crippen LogP contribution in [0.4, 0.5) is 0 Å². The van der Waals surface area contributed by atoms with Gasteiger partial charge in [-0.1, -0.05) is 51.8 Å². The van der Waals surface area contributed by atoms with Crippen molar-refractivity contribution in [2.45, 2.75) is 22.1 Å². The van der Waals surface area contributed by atoms with Crippen LogP contribution >= 0.6 is 38.9 Å². The maximum atomic E-state index is 12.9. The zero-order chi connectivity index (χ0) is 20.8. The minimum Gasteiger partial charge on any atom is -0.480 e. The maximum Gasteiger partial charge on any atom is 0.325 e. The molecule has 150 valence electrons. The lowest BCUT2D eigenvalue weighted by atomic mass is 10.1. The highest BCUT2D eigenvalue weighted by Crippen LogP contribution is 2.53. The van der Waals surface area contributed by atoms with Crippen molar-refractivity contribution in [3.63, 3.8) is 0 Å². The van der Waals surface area contributed by atoms with Crippen LogP contribution in [0.3, 0.4) is 0 Å². The second kappa shape index (κ2) is 7.52. The van der Waals surface area contributed by atoms with E-state index in [2.05, 4.69) is 20.7 Å². The molecule has 29 heavy (non-hydrogen) atoms. The fraction of sp³-hybridized carbons (Fsp3) is 0.150. The third-order valence-electron chi connectivity index (χ3n) is 4.88. The SMILES string of the molecule is O=C(O)[C@]1(NS(=O)(=O)c2ccc(-c3ccc(Cl)cc3)s2)C[C@@H]1c1cccc(Br)c1. The highest BCUT2D eigenvalue weighted by atomic mass is 79.9. The summed E-state index contributed by atoms with van der Waals surface area (Å²) >= 11 is 10.4. The van der Waals surface area contributed by atoms with E-state index in [0.29, 0.717) is 5.02 Å². The Hall–Kier alpha value is -1.71. The molecule has 3 aromatic rings. The van der Waals surface area contributed by atoms with Gasteiger partial charge in [0.25, 0.3) is 10.0 Å². The molecule has 1 aliphatic carbocycles. The molecule has 0 unspecified atom stereocenters. The van der Waals surface area contributed by atoms with Gasteiger partial charge in [0.1, 0.15) is 9.75 Å². The van der Waals surface area contributed by atoms with E-state index in [1.165, 1.54) is 6.07 Å². The van der Waals surface area contributed by atoms with Crippen molar-refractivity contribution in [1.82, 2.24) is 4.72 Å². The van der Waals surface area contributed by atoms with Crippen molar-refractivity contribution >= 4 is 54.9 Å². The van der Waals surface area contributed by atoms with E-state index in [4.69, 9.17) is 11.6 Å². The lowest BCUT2D eigenvalue weighted by molar-refractivity contribution is -0.140. The van der Waals surface area contributed by atoms with Crippen LogP contribution in [-0.4, -0.2) is 25.0 Å². The Morgan fingerprint density at radius 2 is 1.90 bits per heavy atom. The zero-order valence-electron chi connectivity index (χ0n) is 14.8. The van der Waals surface area contributed by atoms with Crippen LogP contribution in [0.15, 0.2) is 69.3 Å². The van der Waals surface area contributed by atoms with Crippen molar-refractivity contribution in [3.05, 3.63) is 75.7 Å². The van der Waals surface area contributed by atoms with Gasteiger partial charge < -0.3 is 5.11 Å². The quantitative estimate of drug-likeness (QED) is 0.480. The fourth-order valence-corrected chi connectivity index (χ4v) is 6.56. The van der Waals surface area contributed by atoms with Crippen LogP contribution in [0.5, 0.6) is 0 Å². The summed E-state index contributed by atoms with van der Waals surface area (Å²) < 4.78 is 29.2. The molecule has 1 aliphatic rings. The Balaban J connectivity index is 1.61. The van der Waals surface area contributed by atoms with Crippen LogP contribution in [0.25, 0.3) is 10.4 Å². The minimum atomic E-state index is -4.00. The monoisotopic (exact) mass is 511 g/mol. The van der Waals surface area contributed by atoms with E-state index in [1.807, 2.05) is 12.1 Å². The van der Waals surface area contributed by atoms with E-state index in [1.54, 1.807) is 42.5 Å². The van der Waals surface area contributed by atoms with Crippen molar-refractivity contribution in [2.24, 2.45) is 0 Å². The molecule has 0 bridgehead atoms. The molecule has 1 saturated carbocycles. The lowest BCUT2D eigenvalue weighted by Gasteiger charge is -2.15. The van der Waals surface area contributed by atoms with Crippen LogP contribution in [0.2, 0.25) is 5.02 Å². The highest BCUT2D eigenvalue weighted by molar-refractivity contribution is 9.10. The van der Waals surface area contributed by atoms with Crippen molar-refractivity contribution < 1.29 is 18.3 Å². The zero-order valence-corrected chi connectivity index (χ0v) is 18.8. The summed E-state index contributed by atoms with van der Waals surface area (Å²) in [5, 5.41) is 10.4.